The van der Waals surface area contributed by atoms with E-state index in [1.165, 1.54) is 12.3 Å². The topological polar surface area (TPSA) is 29.4 Å². The highest BCUT2D eigenvalue weighted by Gasteiger charge is 2.18. The van der Waals surface area contributed by atoms with Crippen molar-refractivity contribution < 1.29 is 8.60 Å². The van der Waals surface area contributed by atoms with E-state index >= 15 is 0 Å². The Balaban J connectivity index is 2.98. The highest BCUT2D eigenvalue weighted by atomic mass is 32.2. The summed E-state index contributed by atoms with van der Waals surface area (Å²) in [5, 5.41) is 0. The van der Waals surface area contributed by atoms with Gasteiger partial charge in [0.1, 0.15) is 16.8 Å². The molecular weight excluding hydrogens is 225 g/mol. The molecule has 4 heteroatoms. The van der Waals surface area contributed by atoms with Crippen LogP contribution in [0.2, 0.25) is 0 Å². The van der Waals surface area contributed by atoms with Gasteiger partial charge in [0.05, 0.1) is 4.75 Å². The van der Waals surface area contributed by atoms with Gasteiger partial charge in [-0.25, -0.2) is 8.60 Å². The zero-order chi connectivity index (χ0) is 12.3. The molecule has 0 N–H and O–H groups in total. The second kappa shape index (κ2) is 4.87. The van der Waals surface area contributed by atoms with Gasteiger partial charge < -0.3 is 0 Å². The van der Waals surface area contributed by atoms with E-state index in [1.807, 2.05) is 20.8 Å². The Morgan fingerprint density at radius 1 is 1.38 bits per heavy atom. The normalized spacial score (nSPS) is 14.3. The van der Waals surface area contributed by atoms with Crippen LogP contribution in [-0.4, -0.2) is 15.2 Å². The predicted molar refractivity (Wildman–Crippen MR) is 66.6 cm³/mol. The average molecular weight is 241 g/mol. The minimum absolute atomic E-state index is 0.338. The summed E-state index contributed by atoms with van der Waals surface area (Å²) in [5.41, 5.74) is 1.19. The Kier molecular flexibility index (Phi) is 3.97. The number of halogens is 1. The lowest BCUT2D eigenvalue weighted by Gasteiger charge is -2.12. The lowest BCUT2D eigenvalue weighted by Crippen LogP contribution is -2.19. The van der Waals surface area contributed by atoms with E-state index in [4.69, 9.17) is 0 Å². The van der Waals surface area contributed by atoms with E-state index in [2.05, 4.69) is 4.40 Å². The first-order valence-corrected chi connectivity index (χ1v) is 6.14. The number of aryl methyl sites for hydroxylation is 1. The zero-order valence-corrected chi connectivity index (χ0v) is 10.8. The fourth-order valence-electron chi connectivity index (χ4n) is 1.07. The second-order valence-corrected chi connectivity index (χ2v) is 6.50. The van der Waals surface area contributed by atoms with Crippen molar-refractivity contribution in [3.8, 4) is 0 Å². The van der Waals surface area contributed by atoms with Crippen LogP contribution < -0.4 is 0 Å². The van der Waals surface area contributed by atoms with E-state index < -0.39 is 15.7 Å². The van der Waals surface area contributed by atoms with Crippen LogP contribution in [-0.2, 0) is 11.0 Å². The molecule has 0 saturated heterocycles. The molecule has 1 aromatic carbocycles. The van der Waals surface area contributed by atoms with Crippen LogP contribution in [0, 0.1) is 12.7 Å². The molecule has 0 amide bonds. The third-order valence-electron chi connectivity index (χ3n) is 2.07. The van der Waals surface area contributed by atoms with E-state index in [9.17, 15) is 8.60 Å². The molecule has 1 rings (SSSR count). The van der Waals surface area contributed by atoms with Gasteiger partial charge in [-0.15, -0.1) is 0 Å². The van der Waals surface area contributed by atoms with Crippen molar-refractivity contribution in [1.82, 2.24) is 0 Å². The number of hydrogen-bond donors (Lipinski definition) is 0. The highest BCUT2D eigenvalue weighted by molar-refractivity contribution is 7.85. The summed E-state index contributed by atoms with van der Waals surface area (Å²) < 4.78 is 28.5. The fourth-order valence-corrected chi connectivity index (χ4v) is 1.58. The molecule has 0 bridgehead atoms. The van der Waals surface area contributed by atoms with Gasteiger partial charge in [0, 0.05) is 11.8 Å². The summed E-state index contributed by atoms with van der Waals surface area (Å²) in [6.45, 7) is 7.28. The Bertz CT molecular complexity index is 415. The lowest BCUT2D eigenvalue weighted by molar-refractivity contribution is 0.624. The molecule has 16 heavy (non-hydrogen) atoms. The van der Waals surface area contributed by atoms with Gasteiger partial charge >= 0.3 is 0 Å². The molecule has 0 spiro atoms. The van der Waals surface area contributed by atoms with Crippen molar-refractivity contribution in [2.75, 3.05) is 0 Å². The van der Waals surface area contributed by atoms with Crippen molar-refractivity contribution in [3.05, 3.63) is 35.1 Å². The number of hydrogen-bond acceptors (Lipinski definition) is 1. The molecule has 1 aromatic rings. The average Bonchev–Trinajstić information content (AvgIpc) is 2.15. The van der Waals surface area contributed by atoms with Gasteiger partial charge in [0.15, 0.2) is 0 Å². The molecule has 0 aliphatic carbocycles. The number of rotatable bonds is 2. The van der Waals surface area contributed by atoms with Crippen LogP contribution in [0.5, 0.6) is 0 Å². The zero-order valence-electron chi connectivity index (χ0n) is 9.95. The SMILES string of the molecule is Cc1cccc(F)c1C=NS(=O)C(C)(C)C. The Morgan fingerprint density at radius 2 is 2.00 bits per heavy atom. The fraction of sp³-hybridized carbons (Fsp3) is 0.417. The Morgan fingerprint density at radius 3 is 2.50 bits per heavy atom. The van der Waals surface area contributed by atoms with E-state index in [-0.39, 0.29) is 5.82 Å². The van der Waals surface area contributed by atoms with Gasteiger partial charge in [-0.1, -0.05) is 12.1 Å². The summed E-state index contributed by atoms with van der Waals surface area (Å²) >= 11 is 0. The lowest BCUT2D eigenvalue weighted by atomic mass is 10.1. The molecule has 0 saturated carbocycles. The molecule has 1 unspecified atom stereocenters. The van der Waals surface area contributed by atoms with Crippen LogP contribution in [0.4, 0.5) is 4.39 Å². The van der Waals surface area contributed by atoms with Crippen molar-refractivity contribution in [3.63, 3.8) is 0 Å². The van der Waals surface area contributed by atoms with Crippen molar-refractivity contribution >= 4 is 17.2 Å². The molecule has 0 heterocycles. The smallest absolute Gasteiger partial charge is 0.144 e. The van der Waals surface area contributed by atoms with Crippen LogP contribution in [0.15, 0.2) is 22.6 Å². The minimum Gasteiger partial charge on any atom is -0.234 e. The first-order valence-electron chi connectivity index (χ1n) is 5.03. The summed E-state index contributed by atoms with van der Waals surface area (Å²) in [5.74, 6) is -0.338. The summed E-state index contributed by atoms with van der Waals surface area (Å²) in [6.07, 6.45) is 1.35. The van der Waals surface area contributed by atoms with Crippen LogP contribution in [0.3, 0.4) is 0 Å². The highest BCUT2D eigenvalue weighted by Crippen LogP contribution is 2.14. The molecule has 0 aliphatic heterocycles. The molecule has 2 nitrogen and oxygen atoms in total. The van der Waals surface area contributed by atoms with Crippen LogP contribution in [0.1, 0.15) is 31.9 Å². The summed E-state index contributed by atoms with van der Waals surface area (Å²) in [4.78, 5) is 0. The quantitative estimate of drug-likeness (QED) is 0.732. The van der Waals surface area contributed by atoms with Crippen molar-refractivity contribution in [2.24, 2.45) is 4.40 Å². The maximum atomic E-state index is 13.4. The molecular formula is C12H16FNOS. The predicted octanol–water partition coefficient (Wildman–Crippen LogP) is 3.02. The Labute approximate surface area is 98.2 Å². The van der Waals surface area contributed by atoms with Gasteiger partial charge in [-0.2, -0.15) is 4.40 Å². The first kappa shape index (κ1) is 13.0. The monoisotopic (exact) mass is 241 g/mol. The molecule has 88 valence electrons. The van der Waals surface area contributed by atoms with Gasteiger partial charge in [-0.05, 0) is 39.3 Å². The van der Waals surface area contributed by atoms with Crippen molar-refractivity contribution in [2.45, 2.75) is 32.4 Å². The van der Waals surface area contributed by atoms with Gasteiger partial charge in [0.25, 0.3) is 0 Å². The standard InChI is InChI=1S/C12H16FNOS/c1-9-6-5-7-11(13)10(9)8-14-16(15)12(2,3)4/h5-8H,1-4H3. The van der Waals surface area contributed by atoms with Crippen molar-refractivity contribution in [1.29, 1.82) is 0 Å². The number of benzene rings is 1. The Hall–Kier alpha value is -1.03. The van der Waals surface area contributed by atoms with E-state index in [1.54, 1.807) is 19.1 Å². The third kappa shape index (κ3) is 3.23. The van der Waals surface area contributed by atoms with Crippen LogP contribution in [0.25, 0.3) is 0 Å². The number of nitrogens with zero attached hydrogens (tertiary/aromatic N) is 1. The maximum absolute atomic E-state index is 13.4. The van der Waals surface area contributed by atoms with Gasteiger partial charge in [-0.3, -0.25) is 0 Å². The second-order valence-electron chi connectivity index (χ2n) is 4.57. The summed E-state index contributed by atoms with van der Waals surface area (Å²) in [7, 11) is -1.35. The van der Waals surface area contributed by atoms with Gasteiger partial charge in [0.2, 0.25) is 0 Å². The molecule has 0 radical (unpaired) electrons. The molecule has 0 aliphatic rings. The third-order valence-corrected chi connectivity index (χ3v) is 3.42. The molecule has 1 atom stereocenters. The first-order chi connectivity index (χ1) is 7.32. The molecule has 0 fully saturated rings. The molecule has 0 aromatic heterocycles. The largest absolute Gasteiger partial charge is 0.234 e. The van der Waals surface area contributed by atoms with E-state index in [0.717, 1.165) is 5.56 Å². The van der Waals surface area contributed by atoms with E-state index in [0.29, 0.717) is 5.56 Å². The summed E-state index contributed by atoms with van der Waals surface area (Å²) in [6, 6.07) is 4.81. The van der Waals surface area contributed by atoms with Crippen LogP contribution >= 0.6 is 0 Å². The minimum atomic E-state index is -1.35. The maximum Gasteiger partial charge on any atom is 0.144 e.